The predicted octanol–water partition coefficient (Wildman–Crippen LogP) is 2.08. The summed E-state index contributed by atoms with van der Waals surface area (Å²) < 4.78 is 0. The van der Waals surface area contributed by atoms with Gasteiger partial charge in [0.25, 0.3) is 0 Å². The zero-order chi connectivity index (χ0) is 6.95. The zero-order valence-electron chi connectivity index (χ0n) is 5.97. The van der Waals surface area contributed by atoms with Crippen LogP contribution in [-0.4, -0.2) is 13.3 Å². The predicted molar refractivity (Wildman–Crippen MR) is 38.6 cm³/mol. The van der Waals surface area contributed by atoms with Gasteiger partial charge in [0, 0.05) is 0 Å². The topological polar surface area (TPSA) is 21.6 Å². The van der Waals surface area contributed by atoms with Gasteiger partial charge in [0.05, 0.1) is 6.72 Å². The molecule has 0 aromatic rings. The largest absolute Gasteiger partial charge is 0.396 e. The van der Waals surface area contributed by atoms with Crippen molar-refractivity contribution in [1.29, 1.82) is 0 Å². The van der Waals surface area contributed by atoms with E-state index in [2.05, 4.69) is 16.9 Å². The van der Waals surface area contributed by atoms with E-state index < -0.39 is 0 Å². The van der Waals surface area contributed by atoms with Crippen LogP contribution in [0, 0.1) is 0 Å². The van der Waals surface area contributed by atoms with Crippen molar-refractivity contribution in [3.8, 4) is 0 Å². The van der Waals surface area contributed by atoms with Gasteiger partial charge in [-0.15, -0.1) is 0 Å². The molecule has 0 aliphatic heterocycles. The second-order valence-corrected chi connectivity index (χ2v) is 2.00. The molecule has 2 heteroatoms. The molecule has 0 saturated heterocycles. The van der Waals surface area contributed by atoms with Gasteiger partial charge in [-0.2, -0.15) is 0 Å². The smallest absolute Gasteiger partial charge is 0.117 e. The van der Waals surface area contributed by atoms with Crippen LogP contribution in [-0.2, 0) is 4.84 Å². The first kappa shape index (κ1) is 8.47. The Labute approximate surface area is 56.9 Å². The van der Waals surface area contributed by atoms with Crippen LogP contribution < -0.4 is 0 Å². The van der Waals surface area contributed by atoms with Gasteiger partial charge in [0.2, 0.25) is 0 Å². The lowest BCUT2D eigenvalue weighted by Crippen LogP contribution is -1.86. The van der Waals surface area contributed by atoms with E-state index in [1.54, 1.807) is 0 Å². The molecule has 9 heavy (non-hydrogen) atoms. The molecule has 53 valence electrons. The van der Waals surface area contributed by atoms with Crippen molar-refractivity contribution < 1.29 is 4.84 Å². The average Bonchev–Trinajstić information content (AvgIpc) is 1.89. The quantitative estimate of drug-likeness (QED) is 0.305. The van der Waals surface area contributed by atoms with E-state index in [1.807, 2.05) is 0 Å². The van der Waals surface area contributed by atoms with Crippen molar-refractivity contribution in [1.82, 2.24) is 0 Å². The normalized spacial score (nSPS) is 9.00. The summed E-state index contributed by atoms with van der Waals surface area (Å²) in [4.78, 5) is 4.58. The Hall–Kier alpha value is -0.530. The van der Waals surface area contributed by atoms with Gasteiger partial charge >= 0.3 is 0 Å². The lowest BCUT2D eigenvalue weighted by molar-refractivity contribution is 0.142. The van der Waals surface area contributed by atoms with Crippen LogP contribution in [0.4, 0.5) is 0 Å². The van der Waals surface area contributed by atoms with E-state index in [-0.39, 0.29) is 0 Å². The van der Waals surface area contributed by atoms with Crippen molar-refractivity contribution >= 4 is 6.72 Å². The molecule has 0 unspecified atom stereocenters. The molecule has 0 amide bonds. The molecule has 0 aromatic carbocycles. The Morgan fingerprint density at radius 3 is 2.67 bits per heavy atom. The third-order valence-corrected chi connectivity index (χ3v) is 1.16. The van der Waals surface area contributed by atoms with Gasteiger partial charge in [-0.05, 0) is 12.8 Å². The lowest BCUT2D eigenvalue weighted by Gasteiger charge is -1.95. The van der Waals surface area contributed by atoms with Gasteiger partial charge in [-0.1, -0.05) is 24.9 Å². The molecule has 0 bridgehead atoms. The van der Waals surface area contributed by atoms with E-state index >= 15 is 0 Å². The molecule has 0 atom stereocenters. The second-order valence-electron chi connectivity index (χ2n) is 2.00. The maximum atomic E-state index is 4.75. The highest BCUT2D eigenvalue weighted by Crippen LogP contribution is 1.98. The molecule has 0 spiro atoms. The van der Waals surface area contributed by atoms with Gasteiger partial charge in [-0.25, -0.2) is 0 Å². The van der Waals surface area contributed by atoms with E-state index in [0.717, 1.165) is 6.42 Å². The van der Waals surface area contributed by atoms with Crippen molar-refractivity contribution in [3.05, 3.63) is 0 Å². The number of nitrogens with zero attached hydrogens (tertiary/aromatic N) is 1. The Balaban J connectivity index is 2.66. The monoisotopic (exact) mass is 128 g/mol. The summed E-state index contributed by atoms with van der Waals surface area (Å²) in [6.07, 6.45) is 4.80. The van der Waals surface area contributed by atoms with E-state index in [1.165, 1.54) is 19.3 Å². The summed E-state index contributed by atoms with van der Waals surface area (Å²) in [5.41, 5.74) is 0. The highest BCUT2D eigenvalue weighted by atomic mass is 16.6. The van der Waals surface area contributed by atoms with Crippen LogP contribution in [0.15, 0.2) is 5.16 Å². The Morgan fingerprint density at radius 1 is 1.33 bits per heavy atom. The van der Waals surface area contributed by atoms with E-state index in [4.69, 9.17) is 6.72 Å². The highest BCUT2D eigenvalue weighted by Gasteiger charge is 1.85. The van der Waals surface area contributed by atoms with Crippen LogP contribution in [0.3, 0.4) is 0 Å². The van der Waals surface area contributed by atoms with Gasteiger partial charge in [0.1, 0.15) is 6.61 Å². The van der Waals surface area contributed by atoms with Gasteiger partial charge in [-0.3, -0.25) is 0 Å². The summed E-state index contributed by atoms with van der Waals surface area (Å²) in [6, 6.07) is 0. The molecule has 0 fully saturated rings. The fourth-order valence-electron chi connectivity index (χ4n) is 0.646. The van der Waals surface area contributed by atoms with Crippen LogP contribution in [0.5, 0.6) is 0 Å². The summed E-state index contributed by atoms with van der Waals surface area (Å²) in [5, 5.41) is 3.03. The first-order valence-corrected chi connectivity index (χ1v) is 3.44. The zero-order valence-corrected chi connectivity index (χ0v) is 5.97. The fraction of sp³-hybridized carbons (Fsp3) is 0.857. The Kier molecular flexibility index (Phi) is 7.03. The third kappa shape index (κ3) is 7.47. The lowest BCUT2D eigenvalue weighted by atomic mass is 10.2. The molecule has 1 radical (unpaired) electrons. The SMILES string of the molecule is [CH]=NOCCCCCC. The summed E-state index contributed by atoms with van der Waals surface area (Å²) in [7, 11) is 0. The third-order valence-electron chi connectivity index (χ3n) is 1.16. The van der Waals surface area contributed by atoms with Crippen molar-refractivity contribution in [3.63, 3.8) is 0 Å². The Morgan fingerprint density at radius 2 is 2.11 bits per heavy atom. The first-order chi connectivity index (χ1) is 4.41. The number of hydrogen-bond acceptors (Lipinski definition) is 2. The summed E-state index contributed by atoms with van der Waals surface area (Å²) in [6.45, 7) is 7.58. The molecule has 0 rings (SSSR count). The average molecular weight is 128 g/mol. The van der Waals surface area contributed by atoms with Crippen molar-refractivity contribution in [2.45, 2.75) is 32.6 Å². The van der Waals surface area contributed by atoms with Gasteiger partial charge in [0.15, 0.2) is 0 Å². The maximum Gasteiger partial charge on any atom is 0.117 e. The van der Waals surface area contributed by atoms with Gasteiger partial charge < -0.3 is 4.84 Å². The standard InChI is InChI=1S/C7H14NO/c1-3-4-5-6-7-9-8-2/h2H,3-7H2,1H3. The summed E-state index contributed by atoms with van der Waals surface area (Å²) >= 11 is 0. The fourth-order valence-corrected chi connectivity index (χ4v) is 0.646. The molecular formula is C7H14NO. The second kappa shape index (κ2) is 7.47. The summed E-state index contributed by atoms with van der Waals surface area (Å²) in [5.74, 6) is 0. The molecular weight excluding hydrogens is 114 g/mol. The number of unbranched alkanes of at least 4 members (excludes halogenated alkanes) is 3. The number of rotatable bonds is 6. The van der Waals surface area contributed by atoms with Crippen LogP contribution in [0.1, 0.15) is 32.6 Å². The van der Waals surface area contributed by atoms with Crippen molar-refractivity contribution in [2.24, 2.45) is 5.16 Å². The molecule has 0 heterocycles. The highest BCUT2D eigenvalue weighted by molar-refractivity contribution is 5.21. The minimum absolute atomic E-state index is 0.663. The molecule has 0 aromatic heterocycles. The Bertz CT molecular complexity index is 63.9. The van der Waals surface area contributed by atoms with Crippen LogP contribution in [0.25, 0.3) is 0 Å². The van der Waals surface area contributed by atoms with E-state index in [9.17, 15) is 0 Å². The molecule has 0 aliphatic carbocycles. The number of hydrogen-bond donors (Lipinski definition) is 0. The molecule has 2 nitrogen and oxygen atoms in total. The maximum absolute atomic E-state index is 4.75. The van der Waals surface area contributed by atoms with E-state index in [0.29, 0.717) is 6.61 Å². The first-order valence-electron chi connectivity index (χ1n) is 3.44. The minimum atomic E-state index is 0.663. The minimum Gasteiger partial charge on any atom is -0.396 e. The molecule has 0 aliphatic rings. The van der Waals surface area contributed by atoms with Crippen molar-refractivity contribution in [2.75, 3.05) is 6.61 Å². The molecule has 0 N–H and O–H groups in total. The van der Waals surface area contributed by atoms with Crippen LogP contribution in [0.2, 0.25) is 0 Å². The molecule has 0 saturated carbocycles. The van der Waals surface area contributed by atoms with Crippen LogP contribution >= 0.6 is 0 Å².